The highest BCUT2D eigenvalue weighted by Gasteiger charge is 2.14. The molecule has 5 nitrogen and oxygen atoms in total. The number of nitro benzene ring substituents is 1. The molecule has 0 saturated carbocycles. The number of rotatable bonds is 3. The van der Waals surface area contributed by atoms with Crippen LogP contribution in [0.1, 0.15) is 5.56 Å². The van der Waals surface area contributed by atoms with Crippen molar-refractivity contribution < 1.29 is 14.1 Å². The lowest BCUT2D eigenvalue weighted by atomic mass is 10.1. The van der Waals surface area contributed by atoms with Crippen LogP contribution in [-0.4, -0.2) is 4.92 Å². The number of hydrogen-bond donors (Lipinski definition) is 0. The summed E-state index contributed by atoms with van der Waals surface area (Å²) in [6.45, 7) is 1.88. The molecule has 0 amide bonds. The fourth-order valence-electron chi connectivity index (χ4n) is 2.52. The van der Waals surface area contributed by atoms with Gasteiger partial charge in [0.15, 0.2) is 24.8 Å². The Morgan fingerprint density at radius 2 is 1.48 bits per heavy atom. The molecular weight excluding hydrogens is 290 g/mol. The molecule has 0 saturated heterocycles. The van der Waals surface area contributed by atoms with Crippen LogP contribution in [0.4, 0.5) is 5.69 Å². The van der Waals surface area contributed by atoms with E-state index in [9.17, 15) is 10.1 Å². The molecule has 0 radical (unpaired) electrons. The molecule has 2 aromatic heterocycles. The molecule has 0 bridgehead atoms. The predicted octanol–water partition coefficient (Wildman–Crippen LogP) is 2.67. The van der Waals surface area contributed by atoms with Gasteiger partial charge in [-0.1, -0.05) is 0 Å². The standard InChI is InChI=1S/C18H17N3O2/c1-14-13-17(21(22)23)3-4-18(14)20-11-7-16(8-12-20)15-5-9-19(2)10-6-15/h3-13H,1-2H3/q+2. The van der Waals surface area contributed by atoms with Crippen molar-refractivity contribution in [3.05, 3.63) is 82.9 Å². The number of aryl methyl sites for hydroxylation is 2. The zero-order valence-corrected chi connectivity index (χ0v) is 13.0. The highest BCUT2D eigenvalue weighted by molar-refractivity contribution is 5.61. The number of benzene rings is 1. The second-order valence-electron chi connectivity index (χ2n) is 5.47. The third-order valence-electron chi connectivity index (χ3n) is 3.81. The number of non-ortho nitro benzene ring substituents is 1. The second-order valence-corrected chi connectivity index (χ2v) is 5.47. The highest BCUT2D eigenvalue weighted by Crippen LogP contribution is 2.19. The predicted molar refractivity (Wildman–Crippen MR) is 86.0 cm³/mol. The van der Waals surface area contributed by atoms with E-state index in [0.717, 1.165) is 22.4 Å². The summed E-state index contributed by atoms with van der Waals surface area (Å²) >= 11 is 0. The third-order valence-corrected chi connectivity index (χ3v) is 3.81. The molecule has 0 unspecified atom stereocenters. The Morgan fingerprint density at radius 1 is 0.913 bits per heavy atom. The van der Waals surface area contributed by atoms with Crippen molar-refractivity contribution in [3.63, 3.8) is 0 Å². The zero-order valence-electron chi connectivity index (χ0n) is 13.0. The lowest BCUT2D eigenvalue weighted by molar-refractivity contribution is -0.671. The van der Waals surface area contributed by atoms with E-state index in [1.807, 2.05) is 60.0 Å². The van der Waals surface area contributed by atoms with Gasteiger partial charge in [0.25, 0.3) is 5.69 Å². The van der Waals surface area contributed by atoms with Crippen molar-refractivity contribution in [1.82, 2.24) is 0 Å². The molecule has 23 heavy (non-hydrogen) atoms. The first kappa shape index (κ1) is 14.8. The summed E-state index contributed by atoms with van der Waals surface area (Å²) in [6, 6.07) is 13.1. The molecular formula is C18H17N3O2+2. The molecule has 3 aromatic rings. The van der Waals surface area contributed by atoms with E-state index in [0.29, 0.717) is 0 Å². The van der Waals surface area contributed by atoms with Crippen LogP contribution in [-0.2, 0) is 7.05 Å². The Kier molecular flexibility index (Phi) is 3.85. The van der Waals surface area contributed by atoms with Crippen LogP contribution in [0.5, 0.6) is 0 Å². The van der Waals surface area contributed by atoms with Gasteiger partial charge in [0.1, 0.15) is 7.05 Å². The highest BCUT2D eigenvalue weighted by atomic mass is 16.6. The minimum atomic E-state index is -0.375. The topological polar surface area (TPSA) is 50.9 Å². The Hall–Kier alpha value is -3.08. The first-order chi connectivity index (χ1) is 11.0. The van der Waals surface area contributed by atoms with E-state index < -0.39 is 0 Å². The van der Waals surface area contributed by atoms with Crippen LogP contribution < -0.4 is 9.13 Å². The van der Waals surface area contributed by atoms with Crippen LogP contribution in [0.3, 0.4) is 0 Å². The van der Waals surface area contributed by atoms with Gasteiger partial charge in [0.05, 0.1) is 4.92 Å². The molecule has 0 spiro atoms. The van der Waals surface area contributed by atoms with Gasteiger partial charge in [-0.15, -0.1) is 0 Å². The van der Waals surface area contributed by atoms with Gasteiger partial charge in [0, 0.05) is 48.0 Å². The quantitative estimate of drug-likeness (QED) is 0.424. The first-order valence-corrected chi connectivity index (χ1v) is 7.27. The van der Waals surface area contributed by atoms with E-state index in [4.69, 9.17) is 0 Å². The molecule has 114 valence electrons. The molecule has 0 aliphatic heterocycles. The fraction of sp³-hybridized carbons (Fsp3) is 0.111. The van der Waals surface area contributed by atoms with Crippen LogP contribution in [0.25, 0.3) is 16.8 Å². The van der Waals surface area contributed by atoms with Crippen LogP contribution in [0.15, 0.2) is 67.3 Å². The van der Waals surface area contributed by atoms with Crippen LogP contribution >= 0.6 is 0 Å². The summed E-state index contributed by atoms with van der Waals surface area (Å²) in [5.41, 5.74) is 4.18. The molecule has 0 aliphatic rings. The summed E-state index contributed by atoms with van der Waals surface area (Å²) in [7, 11) is 1.99. The van der Waals surface area contributed by atoms with E-state index in [1.165, 1.54) is 6.07 Å². The van der Waals surface area contributed by atoms with Crippen molar-refractivity contribution in [2.24, 2.45) is 7.05 Å². The van der Waals surface area contributed by atoms with Gasteiger partial charge in [-0.2, -0.15) is 4.57 Å². The van der Waals surface area contributed by atoms with Crippen LogP contribution in [0.2, 0.25) is 0 Å². The normalized spacial score (nSPS) is 10.5. The third kappa shape index (κ3) is 3.08. The van der Waals surface area contributed by atoms with Gasteiger partial charge in [-0.25, -0.2) is 4.57 Å². The molecule has 2 heterocycles. The van der Waals surface area contributed by atoms with Crippen molar-refractivity contribution in [3.8, 4) is 16.8 Å². The average Bonchev–Trinajstić information content (AvgIpc) is 2.56. The Morgan fingerprint density at radius 3 is 2.00 bits per heavy atom. The molecule has 0 N–H and O–H groups in total. The van der Waals surface area contributed by atoms with Gasteiger partial charge < -0.3 is 0 Å². The summed E-state index contributed by atoms with van der Waals surface area (Å²) in [4.78, 5) is 10.4. The maximum absolute atomic E-state index is 10.8. The molecule has 0 fully saturated rings. The summed E-state index contributed by atoms with van der Waals surface area (Å²) < 4.78 is 3.96. The van der Waals surface area contributed by atoms with E-state index in [1.54, 1.807) is 12.1 Å². The molecule has 0 atom stereocenters. The zero-order chi connectivity index (χ0) is 16.4. The van der Waals surface area contributed by atoms with Crippen LogP contribution in [0, 0.1) is 17.0 Å². The van der Waals surface area contributed by atoms with Gasteiger partial charge in [0.2, 0.25) is 5.69 Å². The lowest BCUT2D eigenvalue weighted by Gasteiger charge is -2.02. The summed E-state index contributed by atoms with van der Waals surface area (Å²) in [6.07, 6.45) is 7.96. The Labute approximate surface area is 134 Å². The summed E-state index contributed by atoms with van der Waals surface area (Å²) in [5.74, 6) is 0. The maximum Gasteiger partial charge on any atom is 0.270 e. The van der Waals surface area contributed by atoms with Gasteiger partial charge in [-0.3, -0.25) is 10.1 Å². The van der Waals surface area contributed by atoms with Crippen molar-refractivity contribution in [2.75, 3.05) is 0 Å². The largest absolute Gasteiger partial charge is 0.270 e. The molecule has 5 heteroatoms. The van der Waals surface area contributed by atoms with Crippen molar-refractivity contribution in [2.45, 2.75) is 6.92 Å². The number of pyridine rings is 2. The second kappa shape index (κ2) is 5.96. The number of aromatic nitrogens is 2. The molecule has 3 rings (SSSR count). The molecule has 1 aromatic carbocycles. The maximum atomic E-state index is 10.8. The fourth-order valence-corrected chi connectivity index (χ4v) is 2.52. The van der Waals surface area contributed by atoms with E-state index in [2.05, 4.69) is 12.1 Å². The van der Waals surface area contributed by atoms with Crippen molar-refractivity contribution >= 4 is 5.69 Å². The van der Waals surface area contributed by atoms with E-state index in [-0.39, 0.29) is 10.6 Å². The number of hydrogen-bond acceptors (Lipinski definition) is 2. The monoisotopic (exact) mass is 307 g/mol. The SMILES string of the molecule is Cc1cc([N+](=O)[O-])ccc1-[n+]1ccc(-c2cc[n+](C)cc2)cc1. The first-order valence-electron chi connectivity index (χ1n) is 7.27. The minimum absolute atomic E-state index is 0.112. The lowest BCUT2D eigenvalue weighted by Crippen LogP contribution is -2.30. The van der Waals surface area contributed by atoms with E-state index >= 15 is 0 Å². The van der Waals surface area contributed by atoms with Gasteiger partial charge >= 0.3 is 0 Å². The smallest absolute Gasteiger partial charge is 0.258 e. The van der Waals surface area contributed by atoms with Gasteiger partial charge in [-0.05, 0) is 18.1 Å². The Balaban J connectivity index is 1.93. The van der Waals surface area contributed by atoms with Crippen molar-refractivity contribution in [1.29, 1.82) is 0 Å². The number of nitro groups is 1. The molecule has 0 aliphatic carbocycles. The average molecular weight is 307 g/mol. The summed E-state index contributed by atoms with van der Waals surface area (Å²) in [5, 5.41) is 10.8. The minimum Gasteiger partial charge on any atom is -0.258 e. The Bertz CT molecular complexity index is 856. The number of nitrogens with zero attached hydrogens (tertiary/aromatic N) is 3.